The second-order valence-corrected chi connectivity index (χ2v) is 9.72. The molecule has 3 aromatic heterocycles. The summed E-state index contributed by atoms with van der Waals surface area (Å²) in [7, 11) is 0. The van der Waals surface area contributed by atoms with E-state index in [-0.39, 0.29) is 0 Å². The van der Waals surface area contributed by atoms with Crippen molar-refractivity contribution < 1.29 is 4.74 Å². The van der Waals surface area contributed by atoms with Crippen molar-refractivity contribution in [3.05, 3.63) is 42.9 Å². The van der Waals surface area contributed by atoms with Gasteiger partial charge in [-0.3, -0.25) is 4.68 Å². The van der Waals surface area contributed by atoms with Gasteiger partial charge in [-0.1, -0.05) is 12.1 Å². The molecule has 9 nitrogen and oxygen atoms in total. The summed E-state index contributed by atoms with van der Waals surface area (Å²) in [4.78, 5) is 19.7. The highest BCUT2D eigenvalue weighted by molar-refractivity contribution is 5.80. The largest absolute Gasteiger partial charge is 0.382 e. The molecule has 0 atom stereocenters. The molecule has 0 spiro atoms. The van der Waals surface area contributed by atoms with Crippen LogP contribution in [0.1, 0.15) is 38.1 Å². The van der Waals surface area contributed by atoms with E-state index in [0.29, 0.717) is 23.4 Å². The zero-order chi connectivity index (χ0) is 23.6. The summed E-state index contributed by atoms with van der Waals surface area (Å²) in [6.45, 7) is 5.33. The maximum Gasteiger partial charge on any atom is 0.161 e. The van der Waals surface area contributed by atoms with Crippen LogP contribution >= 0.6 is 0 Å². The molecule has 2 fully saturated rings. The van der Waals surface area contributed by atoms with E-state index in [2.05, 4.69) is 35.8 Å². The smallest absolute Gasteiger partial charge is 0.161 e. The fourth-order valence-corrected chi connectivity index (χ4v) is 5.25. The maximum atomic E-state index is 6.16. The maximum absolute atomic E-state index is 6.16. The van der Waals surface area contributed by atoms with Crippen molar-refractivity contribution in [2.75, 3.05) is 38.6 Å². The highest BCUT2D eigenvalue weighted by Gasteiger charge is 2.23. The molecule has 35 heavy (non-hydrogen) atoms. The number of nitrogen functional groups attached to an aromatic ring is 1. The molecule has 0 saturated carbocycles. The van der Waals surface area contributed by atoms with Crippen LogP contribution in [0, 0.1) is 5.92 Å². The number of benzene rings is 1. The van der Waals surface area contributed by atoms with Gasteiger partial charge >= 0.3 is 0 Å². The molecule has 2 saturated heterocycles. The minimum absolute atomic E-state index is 0.355. The third-order valence-electron chi connectivity index (χ3n) is 7.44. The van der Waals surface area contributed by atoms with Crippen molar-refractivity contribution in [3.8, 4) is 22.8 Å². The predicted octanol–water partition coefficient (Wildman–Crippen LogP) is 3.92. The lowest BCUT2D eigenvalue weighted by Gasteiger charge is -2.33. The first-order valence-corrected chi connectivity index (χ1v) is 12.7. The van der Waals surface area contributed by atoms with Gasteiger partial charge in [-0.25, -0.2) is 15.0 Å². The Morgan fingerprint density at radius 3 is 2.69 bits per heavy atom. The Balaban J connectivity index is 1.12. The van der Waals surface area contributed by atoms with E-state index >= 15 is 0 Å². The van der Waals surface area contributed by atoms with Crippen LogP contribution in [-0.2, 0) is 4.74 Å². The lowest BCUT2D eigenvalue weighted by Crippen LogP contribution is -2.36. The first kappa shape index (κ1) is 22.2. The molecule has 1 aromatic carbocycles. The normalized spacial score (nSPS) is 18.4. The van der Waals surface area contributed by atoms with Gasteiger partial charge in [0.05, 0.1) is 35.2 Å². The number of anilines is 1. The highest BCUT2D eigenvalue weighted by Crippen LogP contribution is 2.28. The standard InChI is InChI=1S/C26H32N8O/c27-25-24(26-31-21-3-1-2-4-22(21)32-26)30-23(16-28-25)19-15-29-34(17-19)20-6-11-33(12-7-20)10-5-18-8-13-35-14-9-18/h1-4,15-18,20H,5-14H2,(H2,27,28)(H,31,32). The minimum atomic E-state index is 0.355. The van der Waals surface area contributed by atoms with E-state index in [0.717, 1.165) is 67.4 Å². The molecule has 4 aromatic rings. The van der Waals surface area contributed by atoms with Crippen molar-refractivity contribution in [2.45, 2.75) is 38.1 Å². The number of fused-ring (bicyclic) bond motifs is 1. The summed E-state index contributed by atoms with van der Waals surface area (Å²) in [6.07, 6.45) is 11.6. The fraction of sp³-hybridized carbons (Fsp3) is 0.462. The second kappa shape index (κ2) is 9.75. The van der Waals surface area contributed by atoms with Gasteiger partial charge in [0.25, 0.3) is 0 Å². The molecule has 0 unspecified atom stereocenters. The van der Waals surface area contributed by atoms with Gasteiger partial charge in [-0.2, -0.15) is 5.10 Å². The van der Waals surface area contributed by atoms with E-state index in [1.807, 2.05) is 30.5 Å². The molecule has 5 heterocycles. The summed E-state index contributed by atoms with van der Waals surface area (Å²) in [5.41, 5.74) is 10.2. The lowest BCUT2D eigenvalue weighted by molar-refractivity contribution is 0.0581. The van der Waals surface area contributed by atoms with E-state index in [9.17, 15) is 0 Å². The van der Waals surface area contributed by atoms with Gasteiger partial charge in [0.1, 0.15) is 5.69 Å². The number of hydrogen-bond donors (Lipinski definition) is 2. The van der Waals surface area contributed by atoms with Crippen LogP contribution in [0.25, 0.3) is 33.8 Å². The molecule has 182 valence electrons. The fourth-order valence-electron chi connectivity index (χ4n) is 5.25. The van der Waals surface area contributed by atoms with Gasteiger partial charge in [0.2, 0.25) is 0 Å². The summed E-state index contributed by atoms with van der Waals surface area (Å²) in [6, 6.07) is 8.30. The van der Waals surface area contributed by atoms with Gasteiger partial charge in [0.15, 0.2) is 11.6 Å². The monoisotopic (exact) mass is 472 g/mol. The summed E-state index contributed by atoms with van der Waals surface area (Å²) < 4.78 is 7.59. The van der Waals surface area contributed by atoms with Crippen LogP contribution < -0.4 is 5.73 Å². The van der Waals surface area contributed by atoms with E-state index in [1.54, 1.807) is 6.20 Å². The Bertz CT molecular complexity index is 1250. The zero-order valence-electron chi connectivity index (χ0n) is 19.9. The molecule has 0 amide bonds. The number of nitrogens with two attached hydrogens (primary N) is 1. The number of imidazole rings is 1. The number of para-hydroxylation sites is 2. The van der Waals surface area contributed by atoms with E-state index in [1.165, 1.54) is 25.8 Å². The Kier molecular flexibility index (Phi) is 6.18. The Morgan fingerprint density at radius 1 is 1.03 bits per heavy atom. The summed E-state index contributed by atoms with van der Waals surface area (Å²) in [5, 5.41) is 4.68. The second-order valence-electron chi connectivity index (χ2n) is 9.72. The third-order valence-corrected chi connectivity index (χ3v) is 7.44. The molecule has 0 aliphatic carbocycles. The number of aromatic amines is 1. The minimum Gasteiger partial charge on any atom is -0.382 e. The highest BCUT2D eigenvalue weighted by atomic mass is 16.5. The average molecular weight is 473 g/mol. The molecule has 0 bridgehead atoms. The third kappa shape index (κ3) is 4.78. The quantitative estimate of drug-likeness (QED) is 0.437. The molecule has 9 heteroatoms. The number of ether oxygens (including phenoxy) is 1. The summed E-state index contributed by atoms with van der Waals surface area (Å²) in [5.74, 6) is 1.81. The van der Waals surface area contributed by atoms with Crippen molar-refractivity contribution in [3.63, 3.8) is 0 Å². The number of rotatable bonds is 6. The van der Waals surface area contributed by atoms with E-state index < -0.39 is 0 Å². The number of aromatic nitrogens is 6. The number of nitrogens with zero attached hydrogens (tertiary/aromatic N) is 6. The molecule has 0 radical (unpaired) electrons. The first-order chi connectivity index (χ1) is 17.2. The van der Waals surface area contributed by atoms with Crippen LogP contribution in [0.15, 0.2) is 42.9 Å². The number of hydrogen-bond acceptors (Lipinski definition) is 7. The lowest BCUT2D eigenvalue weighted by atomic mass is 9.95. The first-order valence-electron chi connectivity index (χ1n) is 12.7. The van der Waals surface area contributed by atoms with Crippen molar-refractivity contribution in [1.29, 1.82) is 0 Å². The Morgan fingerprint density at radius 2 is 1.86 bits per heavy atom. The Hall–Kier alpha value is -3.30. The van der Waals surface area contributed by atoms with Crippen LogP contribution in [0.4, 0.5) is 5.82 Å². The average Bonchev–Trinajstić information content (AvgIpc) is 3.57. The van der Waals surface area contributed by atoms with Crippen molar-refractivity contribution >= 4 is 16.9 Å². The van der Waals surface area contributed by atoms with Crippen LogP contribution in [-0.4, -0.2) is 67.5 Å². The topological polar surface area (TPSA) is 111 Å². The molecular formula is C26H32N8O. The van der Waals surface area contributed by atoms with Gasteiger partial charge in [0, 0.05) is 38.1 Å². The summed E-state index contributed by atoms with van der Waals surface area (Å²) >= 11 is 0. The molecule has 2 aliphatic rings. The van der Waals surface area contributed by atoms with Gasteiger partial charge in [-0.05, 0) is 56.7 Å². The number of nitrogens with one attached hydrogen (secondary N) is 1. The SMILES string of the molecule is Nc1ncc(-c2cnn(C3CCN(CCC4CCOCC4)CC3)c2)nc1-c1nc2ccccc2[nH]1. The Labute approximate surface area is 204 Å². The van der Waals surface area contributed by atoms with Gasteiger partial charge < -0.3 is 20.4 Å². The van der Waals surface area contributed by atoms with Crippen molar-refractivity contribution in [2.24, 2.45) is 5.92 Å². The molecule has 6 rings (SSSR count). The zero-order valence-corrected chi connectivity index (χ0v) is 19.9. The molecular weight excluding hydrogens is 440 g/mol. The van der Waals surface area contributed by atoms with Crippen LogP contribution in [0.2, 0.25) is 0 Å². The van der Waals surface area contributed by atoms with Crippen LogP contribution in [0.3, 0.4) is 0 Å². The number of H-pyrrole nitrogens is 1. The number of piperidine rings is 1. The molecule has 3 N–H and O–H groups in total. The van der Waals surface area contributed by atoms with E-state index in [4.69, 9.17) is 15.5 Å². The molecule has 2 aliphatic heterocycles. The van der Waals surface area contributed by atoms with Crippen molar-refractivity contribution in [1.82, 2.24) is 34.6 Å². The van der Waals surface area contributed by atoms with Crippen LogP contribution in [0.5, 0.6) is 0 Å². The predicted molar refractivity (Wildman–Crippen MR) is 136 cm³/mol. The van der Waals surface area contributed by atoms with Gasteiger partial charge in [-0.15, -0.1) is 0 Å². The number of likely N-dealkylation sites (tertiary alicyclic amines) is 1.